The smallest absolute Gasteiger partial charge is 0.246 e. The average molecular weight is 438 g/mol. The molecule has 0 saturated carbocycles. The number of carbonyl (C=O) groups excluding carboxylic acids is 1. The Labute approximate surface area is 181 Å². The van der Waals surface area contributed by atoms with E-state index in [-0.39, 0.29) is 5.91 Å². The number of amides is 1. The number of hydrogen-bond acceptors (Lipinski definition) is 5. The first-order chi connectivity index (χ1) is 14.9. The fourth-order valence-corrected chi connectivity index (χ4v) is 4.28. The standard InChI is InChI=1S/C22H23N5O3S/c1-31(29,30)26-14-12-25(13-15-26)21(28)10-9-19-17-27(20-7-3-2-4-8-20)24-22(19)18-6-5-11-23-16-18/h2-11,16-17H,12-15H2,1H3/b10-9+. The molecule has 8 nitrogen and oxygen atoms in total. The van der Waals surface area contributed by atoms with Crippen molar-refractivity contribution in [2.75, 3.05) is 32.4 Å². The van der Waals surface area contributed by atoms with E-state index < -0.39 is 10.0 Å². The van der Waals surface area contributed by atoms with E-state index in [0.29, 0.717) is 26.2 Å². The lowest BCUT2D eigenvalue weighted by atomic mass is 10.1. The summed E-state index contributed by atoms with van der Waals surface area (Å²) in [4.78, 5) is 18.5. The van der Waals surface area contributed by atoms with E-state index >= 15 is 0 Å². The zero-order chi connectivity index (χ0) is 21.8. The molecule has 1 aliphatic rings. The predicted octanol–water partition coefficient (Wildman–Crippen LogP) is 2.05. The van der Waals surface area contributed by atoms with E-state index in [2.05, 4.69) is 4.98 Å². The molecule has 0 radical (unpaired) electrons. The third kappa shape index (κ3) is 4.89. The molecule has 1 aromatic carbocycles. The highest BCUT2D eigenvalue weighted by molar-refractivity contribution is 7.88. The van der Waals surface area contributed by atoms with Crippen LogP contribution >= 0.6 is 0 Å². The summed E-state index contributed by atoms with van der Waals surface area (Å²) in [6, 6.07) is 13.5. The number of hydrogen-bond donors (Lipinski definition) is 0. The van der Waals surface area contributed by atoms with Crippen molar-refractivity contribution in [1.29, 1.82) is 0 Å². The first-order valence-electron chi connectivity index (χ1n) is 9.89. The summed E-state index contributed by atoms with van der Waals surface area (Å²) < 4.78 is 26.5. The summed E-state index contributed by atoms with van der Waals surface area (Å²) in [5.74, 6) is -0.155. The Morgan fingerprint density at radius 3 is 2.42 bits per heavy atom. The zero-order valence-electron chi connectivity index (χ0n) is 17.1. The van der Waals surface area contributed by atoms with Gasteiger partial charge in [0.25, 0.3) is 0 Å². The Bertz CT molecular complexity index is 1180. The van der Waals surface area contributed by atoms with Crippen molar-refractivity contribution in [2.24, 2.45) is 0 Å². The van der Waals surface area contributed by atoms with Crippen LogP contribution < -0.4 is 0 Å². The Kier molecular flexibility index (Phi) is 5.97. The molecule has 31 heavy (non-hydrogen) atoms. The van der Waals surface area contributed by atoms with Crippen molar-refractivity contribution < 1.29 is 13.2 Å². The number of piperazine rings is 1. The van der Waals surface area contributed by atoms with Crippen LogP contribution in [0.25, 0.3) is 23.0 Å². The predicted molar refractivity (Wildman–Crippen MR) is 119 cm³/mol. The summed E-state index contributed by atoms with van der Waals surface area (Å²) in [6.07, 6.45) is 9.77. The molecule has 0 N–H and O–H groups in total. The topological polar surface area (TPSA) is 88.4 Å². The number of benzene rings is 1. The van der Waals surface area contributed by atoms with Gasteiger partial charge in [-0.15, -0.1) is 0 Å². The molecule has 0 spiro atoms. The van der Waals surface area contributed by atoms with Gasteiger partial charge in [-0.3, -0.25) is 9.78 Å². The molecule has 4 rings (SSSR count). The molecule has 0 aliphatic carbocycles. The molecule has 0 atom stereocenters. The number of nitrogens with zero attached hydrogens (tertiary/aromatic N) is 5. The van der Waals surface area contributed by atoms with Crippen LogP contribution in [0.4, 0.5) is 0 Å². The van der Waals surface area contributed by atoms with Crippen molar-refractivity contribution in [3.05, 3.63) is 72.7 Å². The molecule has 160 valence electrons. The van der Waals surface area contributed by atoms with Crippen LogP contribution in [-0.2, 0) is 14.8 Å². The van der Waals surface area contributed by atoms with Gasteiger partial charge in [0, 0.05) is 62.0 Å². The molecule has 1 aliphatic heterocycles. The molecule has 0 bridgehead atoms. The first kappa shape index (κ1) is 21.0. The van der Waals surface area contributed by atoms with Crippen LogP contribution in [-0.4, -0.2) is 70.7 Å². The molecule has 3 aromatic rings. The highest BCUT2D eigenvalue weighted by Gasteiger charge is 2.25. The lowest BCUT2D eigenvalue weighted by molar-refractivity contribution is -0.127. The molecule has 0 unspecified atom stereocenters. The largest absolute Gasteiger partial charge is 0.337 e. The van der Waals surface area contributed by atoms with Crippen molar-refractivity contribution in [2.45, 2.75) is 0 Å². The SMILES string of the molecule is CS(=O)(=O)N1CCN(C(=O)/C=C/c2cn(-c3ccccc3)nc2-c2cccnc2)CC1. The molecule has 3 heterocycles. The Hall–Kier alpha value is -3.30. The van der Waals surface area contributed by atoms with Gasteiger partial charge in [0.05, 0.1) is 11.9 Å². The molecule has 9 heteroatoms. The fraction of sp³-hybridized carbons (Fsp3) is 0.227. The quantitative estimate of drug-likeness (QED) is 0.570. The second kappa shape index (κ2) is 8.83. The van der Waals surface area contributed by atoms with Crippen molar-refractivity contribution >= 4 is 22.0 Å². The molecular weight excluding hydrogens is 414 g/mol. The van der Waals surface area contributed by atoms with Gasteiger partial charge in [-0.2, -0.15) is 9.40 Å². The summed E-state index contributed by atoms with van der Waals surface area (Å²) in [5.41, 5.74) is 3.28. The van der Waals surface area contributed by atoms with E-state index in [4.69, 9.17) is 5.10 Å². The number of pyridine rings is 1. The van der Waals surface area contributed by atoms with Crippen LogP contribution in [0.3, 0.4) is 0 Å². The third-order valence-electron chi connectivity index (χ3n) is 5.12. The van der Waals surface area contributed by atoms with E-state index in [1.807, 2.05) is 48.7 Å². The van der Waals surface area contributed by atoms with E-state index in [1.165, 1.54) is 16.6 Å². The number of sulfonamides is 1. The number of rotatable bonds is 5. The minimum absolute atomic E-state index is 0.155. The maximum atomic E-state index is 12.7. The van der Waals surface area contributed by atoms with Gasteiger partial charge < -0.3 is 4.90 Å². The van der Waals surface area contributed by atoms with Gasteiger partial charge in [-0.05, 0) is 30.3 Å². The average Bonchev–Trinajstić information content (AvgIpc) is 3.22. The molecule has 2 aromatic heterocycles. The summed E-state index contributed by atoms with van der Waals surface area (Å²) in [6.45, 7) is 1.36. The maximum Gasteiger partial charge on any atom is 0.246 e. The normalized spacial score (nSPS) is 15.5. The van der Waals surface area contributed by atoms with Crippen molar-refractivity contribution in [1.82, 2.24) is 24.0 Å². The molecule has 1 amide bonds. The fourth-order valence-electron chi connectivity index (χ4n) is 3.46. The second-order valence-electron chi connectivity index (χ2n) is 7.28. The van der Waals surface area contributed by atoms with Gasteiger partial charge in [0.15, 0.2) is 0 Å². The minimum Gasteiger partial charge on any atom is -0.337 e. The van der Waals surface area contributed by atoms with Gasteiger partial charge in [-0.1, -0.05) is 18.2 Å². The highest BCUT2D eigenvalue weighted by atomic mass is 32.2. The van der Waals surface area contributed by atoms with Crippen molar-refractivity contribution in [3.63, 3.8) is 0 Å². The van der Waals surface area contributed by atoms with E-state index in [0.717, 1.165) is 22.5 Å². The van der Waals surface area contributed by atoms with Gasteiger partial charge >= 0.3 is 0 Å². The Balaban J connectivity index is 1.57. The lowest BCUT2D eigenvalue weighted by Crippen LogP contribution is -2.49. The monoisotopic (exact) mass is 437 g/mol. The zero-order valence-corrected chi connectivity index (χ0v) is 17.9. The number of aromatic nitrogens is 3. The Morgan fingerprint density at radius 1 is 1.03 bits per heavy atom. The third-order valence-corrected chi connectivity index (χ3v) is 6.43. The van der Waals surface area contributed by atoms with Gasteiger partial charge in [0.1, 0.15) is 5.69 Å². The van der Waals surface area contributed by atoms with Crippen LogP contribution in [0.15, 0.2) is 67.1 Å². The number of carbonyl (C=O) groups is 1. The first-order valence-corrected chi connectivity index (χ1v) is 11.7. The summed E-state index contributed by atoms with van der Waals surface area (Å²) in [7, 11) is -3.23. The minimum atomic E-state index is -3.23. The Morgan fingerprint density at radius 2 is 1.77 bits per heavy atom. The van der Waals surface area contributed by atoms with Crippen molar-refractivity contribution in [3.8, 4) is 16.9 Å². The summed E-state index contributed by atoms with van der Waals surface area (Å²) in [5, 5.41) is 4.71. The molecule has 1 saturated heterocycles. The van der Waals surface area contributed by atoms with Gasteiger partial charge in [-0.25, -0.2) is 13.1 Å². The van der Waals surface area contributed by atoms with Crippen LogP contribution in [0.1, 0.15) is 5.56 Å². The molecule has 1 fully saturated rings. The van der Waals surface area contributed by atoms with E-state index in [9.17, 15) is 13.2 Å². The maximum absolute atomic E-state index is 12.7. The van der Waals surface area contributed by atoms with Crippen LogP contribution in [0, 0.1) is 0 Å². The second-order valence-corrected chi connectivity index (χ2v) is 9.26. The number of para-hydroxylation sites is 1. The summed E-state index contributed by atoms with van der Waals surface area (Å²) >= 11 is 0. The molecular formula is C22H23N5O3S. The van der Waals surface area contributed by atoms with Crippen LogP contribution in [0.2, 0.25) is 0 Å². The highest BCUT2D eigenvalue weighted by Crippen LogP contribution is 2.24. The van der Waals surface area contributed by atoms with Crippen LogP contribution in [0.5, 0.6) is 0 Å². The van der Waals surface area contributed by atoms with E-state index in [1.54, 1.807) is 28.1 Å². The lowest BCUT2D eigenvalue weighted by Gasteiger charge is -2.32. The van der Waals surface area contributed by atoms with Gasteiger partial charge in [0.2, 0.25) is 15.9 Å².